The molecular weight excluding hydrogens is 432 g/mol. The number of rotatable bonds is 4. The number of β-amino-alcohol motifs (C(OH)–C–C–N with tert-alkyl or cyclic N) is 2. The molecule has 1 aliphatic heterocycles. The highest BCUT2D eigenvalue weighted by atomic mass is 35.5. The fraction of sp³-hybridized carbons (Fsp3) is 0.217. The van der Waals surface area contributed by atoms with Gasteiger partial charge < -0.3 is 19.8 Å². The molecule has 2 atom stereocenters. The van der Waals surface area contributed by atoms with E-state index in [1.807, 2.05) is 23.1 Å². The second kappa shape index (κ2) is 7.98. The molecule has 1 fully saturated rings. The zero-order chi connectivity index (χ0) is 22.4. The van der Waals surface area contributed by atoms with E-state index in [4.69, 9.17) is 16.3 Å². The summed E-state index contributed by atoms with van der Waals surface area (Å²) in [6, 6.07) is 14.5. The Labute approximate surface area is 188 Å². The molecule has 2 aromatic carbocycles. The first-order valence-electron chi connectivity index (χ1n) is 10.1. The summed E-state index contributed by atoms with van der Waals surface area (Å²) in [5.41, 5.74) is 3.35. The summed E-state index contributed by atoms with van der Waals surface area (Å²) < 4.78 is 8.55. The van der Waals surface area contributed by atoms with Crippen LogP contribution >= 0.6 is 11.6 Å². The van der Waals surface area contributed by atoms with Gasteiger partial charge in [0.1, 0.15) is 17.6 Å². The molecule has 1 saturated heterocycles. The summed E-state index contributed by atoms with van der Waals surface area (Å²) in [6.45, 7) is 0.615. The van der Waals surface area contributed by atoms with Crippen molar-refractivity contribution in [2.45, 2.75) is 12.2 Å². The van der Waals surface area contributed by atoms with E-state index in [-0.39, 0.29) is 5.56 Å². The Morgan fingerprint density at radius 2 is 1.75 bits per heavy atom. The van der Waals surface area contributed by atoms with Crippen LogP contribution in [-0.2, 0) is 0 Å². The lowest BCUT2D eigenvalue weighted by Crippen LogP contribution is -2.23. The van der Waals surface area contributed by atoms with Crippen LogP contribution in [0.1, 0.15) is 0 Å². The molecule has 4 aromatic rings. The fourth-order valence-corrected chi connectivity index (χ4v) is 4.14. The number of aromatic nitrogens is 3. The van der Waals surface area contributed by atoms with Gasteiger partial charge in [-0.25, -0.2) is 4.52 Å². The van der Waals surface area contributed by atoms with Crippen molar-refractivity contribution >= 4 is 22.8 Å². The first-order valence-corrected chi connectivity index (χ1v) is 10.5. The number of benzene rings is 2. The van der Waals surface area contributed by atoms with E-state index in [0.29, 0.717) is 35.1 Å². The van der Waals surface area contributed by atoms with Gasteiger partial charge in [0, 0.05) is 35.9 Å². The van der Waals surface area contributed by atoms with Crippen molar-refractivity contribution in [3.05, 3.63) is 76.4 Å². The normalized spacial score (nSPS) is 18.4. The van der Waals surface area contributed by atoms with Gasteiger partial charge in [-0.3, -0.25) is 9.36 Å². The molecule has 1 aliphatic rings. The van der Waals surface area contributed by atoms with Crippen molar-refractivity contribution in [3.63, 3.8) is 0 Å². The molecule has 0 spiro atoms. The molecule has 0 radical (unpaired) electrons. The van der Waals surface area contributed by atoms with Gasteiger partial charge in [-0.1, -0.05) is 23.7 Å². The van der Waals surface area contributed by atoms with E-state index in [9.17, 15) is 15.0 Å². The van der Waals surface area contributed by atoms with Crippen LogP contribution in [0.5, 0.6) is 5.75 Å². The van der Waals surface area contributed by atoms with Crippen LogP contribution in [0, 0.1) is 0 Å². The number of nitrogens with zero attached hydrogens (tertiary/aromatic N) is 4. The molecule has 9 heteroatoms. The lowest BCUT2D eigenvalue weighted by Gasteiger charge is -2.21. The SMILES string of the molecule is COc1cc(-n2cnn3cc(-c4ccc(Cl)cc4)cc3c2=O)ccc1N1CC(O)C(O)C1. The van der Waals surface area contributed by atoms with Crippen molar-refractivity contribution in [2.24, 2.45) is 0 Å². The summed E-state index contributed by atoms with van der Waals surface area (Å²) >= 11 is 5.97. The molecule has 8 nitrogen and oxygen atoms in total. The second-order valence-corrected chi connectivity index (χ2v) is 8.20. The highest BCUT2D eigenvalue weighted by molar-refractivity contribution is 6.30. The molecular formula is C23H21ClN4O4. The smallest absolute Gasteiger partial charge is 0.282 e. The van der Waals surface area contributed by atoms with Gasteiger partial charge in [0.25, 0.3) is 5.56 Å². The quantitative estimate of drug-likeness (QED) is 0.494. The first-order chi connectivity index (χ1) is 15.4. The van der Waals surface area contributed by atoms with Crippen LogP contribution in [-0.4, -0.2) is 56.8 Å². The number of methoxy groups -OCH3 is 1. The van der Waals surface area contributed by atoms with Crippen LogP contribution in [0.15, 0.2) is 65.8 Å². The minimum Gasteiger partial charge on any atom is -0.495 e. The van der Waals surface area contributed by atoms with Gasteiger partial charge in [-0.05, 0) is 35.9 Å². The Morgan fingerprint density at radius 1 is 1.03 bits per heavy atom. The Morgan fingerprint density at radius 3 is 2.44 bits per heavy atom. The Balaban J connectivity index is 1.53. The number of aliphatic hydroxyl groups is 2. The molecule has 164 valence electrons. The van der Waals surface area contributed by atoms with Gasteiger partial charge in [-0.15, -0.1) is 0 Å². The highest BCUT2D eigenvalue weighted by Gasteiger charge is 2.31. The number of hydrogen-bond donors (Lipinski definition) is 2. The number of aliphatic hydroxyl groups excluding tert-OH is 2. The Bertz CT molecular complexity index is 1340. The minimum absolute atomic E-state index is 0.220. The molecule has 2 unspecified atom stereocenters. The standard InChI is InChI=1S/C23H21ClN4O4/c1-32-22-9-17(6-7-18(22)26-11-20(29)21(30)12-26)27-13-25-28-10-15(8-19(28)23(27)31)14-2-4-16(24)5-3-14/h2-10,13,20-21,29-30H,11-12H2,1H3. The lowest BCUT2D eigenvalue weighted by molar-refractivity contribution is 0.0572. The topological polar surface area (TPSA) is 92.2 Å². The number of ether oxygens (including phenoxy) is 1. The van der Waals surface area contributed by atoms with Crippen molar-refractivity contribution in [1.82, 2.24) is 14.2 Å². The average molecular weight is 453 g/mol. The molecule has 2 aromatic heterocycles. The molecule has 3 heterocycles. The molecule has 0 saturated carbocycles. The van der Waals surface area contributed by atoms with E-state index < -0.39 is 12.2 Å². The zero-order valence-corrected chi connectivity index (χ0v) is 18.0. The average Bonchev–Trinajstić information content (AvgIpc) is 3.38. The predicted molar refractivity (Wildman–Crippen MR) is 122 cm³/mol. The Hall–Kier alpha value is -3.33. The highest BCUT2D eigenvalue weighted by Crippen LogP contribution is 2.33. The summed E-state index contributed by atoms with van der Waals surface area (Å²) in [5.74, 6) is 0.535. The second-order valence-electron chi connectivity index (χ2n) is 7.77. The van der Waals surface area contributed by atoms with Gasteiger partial charge >= 0.3 is 0 Å². The van der Waals surface area contributed by atoms with Gasteiger partial charge in [0.15, 0.2) is 0 Å². The molecule has 5 rings (SSSR count). The summed E-state index contributed by atoms with van der Waals surface area (Å²) in [7, 11) is 1.54. The molecule has 32 heavy (non-hydrogen) atoms. The van der Waals surface area contributed by atoms with E-state index >= 15 is 0 Å². The van der Waals surface area contributed by atoms with Crippen LogP contribution in [0.25, 0.3) is 22.3 Å². The van der Waals surface area contributed by atoms with Crippen LogP contribution in [0.3, 0.4) is 0 Å². The summed E-state index contributed by atoms with van der Waals surface area (Å²) in [6.07, 6.45) is 1.66. The van der Waals surface area contributed by atoms with Crippen molar-refractivity contribution in [3.8, 4) is 22.6 Å². The van der Waals surface area contributed by atoms with Crippen molar-refractivity contribution < 1.29 is 14.9 Å². The maximum absolute atomic E-state index is 13.2. The van der Waals surface area contributed by atoms with Gasteiger partial charge in [-0.2, -0.15) is 5.10 Å². The number of hydrogen-bond acceptors (Lipinski definition) is 6. The maximum Gasteiger partial charge on any atom is 0.282 e. The maximum atomic E-state index is 13.2. The van der Waals surface area contributed by atoms with E-state index in [1.165, 1.54) is 10.9 Å². The molecule has 2 N–H and O–H groups in total. The largest absolute Gasteiger partial charge is 0.495 e. The van der Waals surface area contributed by atoms with E-state index in [2.05, 4.69) is 5.10 Å². The Kier molecular flexibility index (Phi) is 5.13. The third kappa shape index (κ3) is 3.52. The zero-order valence-electron chi connectivity index (χ0n) is 17.2. The number of fused-ring (bicyclic) bond motifs is 1. The molecule has 0 bridgehead atoms. The van der Waals surface area contributed by atoms with E-state index in [0.717, 1.165) is 16.8 Å². The number of anilines is 1. The van der Waals surface area contributed by atoms with Crippen molar-refractivity contribution in [2.75, 3.05) is 25.1 Å². The third-order valence-electron chi connectivity index (χ3n) is 5.75. The van der Waals surface area contributed by atoms with Gasteiger partial charge in [0.05, 0.1) is 30.7 Å². The fourth-order valence-electron chi connectivity index (χ4n) is 4.02. The van der Waals surface area contributed by atoms with Gasteiger partial charge in [0.2, 0.25) is 0 Å². The molecule has 0 amide bonds. The monoisotopic (exact) mass is 452 g/mol. The third-order valence-corrected chi connectivity index (χ3v) is 6.00. The first kappa shape index (κ1) is 20.6. The lowest BCUT2D eigenvalue weighted by atomic mass is 10.1. The van der Waals surface area contributed by atoms with Crippen molar-refractivity contribution in [1.29, 1.82) is 0 Å². The minimum atomic E-state index is -0.808. The van der Waals surface area contributed by atoms with Crippen LogP contribution in [0.2, 0.25) is 5.02 Å². The summed E-state index contributed by atoms with van der Waals surface area (Å²) in [4.78, 5) is 15.1. The van der Waals surface area contributed by atoms with E-state index in [1.54, 1.807) is 48.2 Å². The molecule has 0 aliphatic carbocycles. The van der Waals surface area contributed by atoms with Crippen LogP contribution < -0.4 is 15.2 Å². The van der Waals surface area contributed by atoms with Crippen LogP contribution in [0.4, 0.5) is 5.69 Å². The number of halogens is 1. The predicted octanol–water partition coefficient (Wildman–Crippen LogP) is 2.36. The summed E-state index contributed by atoms with van der Waals surface area (Å²) in [5, 5.41) is 24.8.